The molecule has 4 N–H and O–H groups in total. The van der Waals surface area contributed by atoms with Gasteiger partial charge in [-0.15, -0.1) is 0 Å². The van der Waals surface area contributed by atoms with Gasteiger partial charge in [0.05, 0.1) is 6.04 Å². The quantitative estimate of drug-likeness (QED) is 0.717. The number of nitrogens with two attached hydrogens (primary N) is 2. The van der Waals surface area contributed by atoms with E-state index < -0.39 is 0 Å². The Bertz CT molecular complexity index is 243. The van der Waals surface area contributed by atoms with Crippen molar-refractivity contribution in [2.45, 2.75) is 50.6 Å². The zero-order chi connectivity index (χ0) is 11.5. The Hall–Kier alpha value is -0.610. The van der Waals surface area contributed by atoms with Crippen LogP contribution >= 0.6 is 0 Å². The van der Waals surface area contributed by atoms with Crippen LogP contribution in [0.1, 0.15) is 38.5 Å². The largest absolute Gasteiger partial charge is 0.341 e. The predicted molar refractivity (Wildman–Crippen MR) is 63.7 cm³/mol. The summed E-state index contributed by atoms with van der Waals surface area (Å²) in [5.74, 6) is 0.519. The molecule has 2 fully saturated rings. The maximum absolute atomic E-state index is 12.1. The highest BCUT2D eigenvalue weighted by atomic mass is 16.2. The van der Waals surface area contributed by atoms with Gasteiger partial charge < -0.3 is 16.4 Å². The monoisotopic (exact) mass is 225 g/mol. The molecule has 1 aliphatic carbocycles. The Labute approximate surface area is 97.3 Å². The summed E-state index contributed by atoms with van der Waals surface area (Å²) in [5, 5.41) is 0. The normalized spacial score (nSPS) is 32.8. The molecule has 0 aromatic heterocycles. The summed E-state index contributed by atoms with van der Waals surface area (Å²) < 4.78 is 0. The minimum atomic E-state index is -0.286. The van der Waals surface area contributed by atoms with Crippen molar-refractivity contribution in [2.75, 3.05) is 13.1 Å². The van der Waals surface area contributed by atoms with Crippen molar-refractivity contribution in [3.05, 3.63) is 0 Å². The fourth-order valence-corrected chi connectivity index (χ4v) is 2.85. The van der Waals surface area contributed by atoms with Gasteiger partial charge in [-0.1, -0.05) is 0 Å². The lowest BCUT2D eigenvalue weighted by molar-refractivity contribution is -0.133. The van der Waals surface area contributed by atoms with E-state index >= 15 is 0 Å². The van der Waals surface area contributed by atoms with E-state index in [1.165, 1.54) is 0 Å². The van der Waals surface area contributed by atoms with Crippen molar-refractivity contribution in [2.24, 2.45) is 17.4 Å². The summed E-state index contributed by atoms with van der Waals surface area (Å²) in [7, 11) is 0. The number of hydrogen-bond donors (Lipinski definition) is 2. The van der Waals surface area contributed by atoms with Gasteiger partial charge in [0, 0.05) is 19.1 Å². The second-order valence-electron chi connectivity index (χ2n) is 5.23. The smallest absolute Gasteiger partial charge is 0.239 e. The molecular formula is C12H23N3O. The highest BCUT2D eigenvalue weighted by molar-refractivity contribution is 5.82. The van der Waals surface area contributed by atoms with Crippen molar-refractivity contribution in [3.63, 3.8) is 0 Å². The second-order valence-corrected chi connectivity index (χ2v) is 5.23. The Morgan fingerprint density at radius 1 is 1.12 bits per heavy atom. The molecule has 92 valence electrons. The second kappa shape index (κ2) is 5.15. The highest BCUT2D eigenvalue weighted by Crippen LogP contribution is 2.26. The van der Waals surface area contributed by atoms with Gasteiger partial charge in [-0.05, 0) is 44.4 Å². The number of carbonyl (C=O) groups is 1. The topological polar surface area (TPSA) is 72.3 Å². The number of carbonyl (C=O) groups excluding carboxylic acids is 1. The van der Waals surface area contributed by atoms with Gasteiger partial charge in [0.1, 0.15) is 0 Å². The van der Waals surface area contributed by atoms with Crippen LogP contribution in [0.5, 0.6) is 0 Å². The van der Waals surface area contributed by atoms with E-state index in [4.69, 9.17) is 11.5 Å². The van der Waals surface area contributed by atoms with Crippen LogP contribution in [-0.4, -0.2) is 36.0 Å². The number of rotatable bonds is 2. The molecule has 1 amide bonds. The summed E-state index contributed by atoms with van der Waals surface area (Å²) in [6, 6.07) is 0.0379. The Kier molecular flexibility index (Phi) is 3.82. The van der Waals surface area contributed by atoms with E-state index in [1.807, 2.05) is 4.90 Å². The molecule has 1 saturated carbocycles. The molecule has 0 unspecified atom stereocenters. The molecule has 4 nitrogen and oxygen atoms in total. The molecule has 1 saturated heterocycles. The molecule has 2 aliphatic rings. The number of amides is 1. The van der Waals surface area contributed by atoms with Crippen molar-refractivity contribution in [1.29, 1.82) is 0 Å². The number of likely N-dealkylation sites (tertiary alicyclic amines) is 1. The molecule has 16 heavy (non-hydrogen) atoms. The van der Waals surface area contributed by atoms with Crippen LogP contribution in [0.3, 0.4) is 0 Å². The van der Waals surface area contributed by atoms with Crippen LogP contribution in [0.25, 0.3) is 0 Å². The summed E-state index contributed by atoms with van der Waals surface area (Å²) in [6.45, 7) is 1.80. The SMILES string of the molecule is NC1CCC([C@H](N)C(=O)N2CCCC2)CC1. The molecule has 0 aromatic rings. The molecule has 1 atom stereocenters. The molecule has 0 bridgehead atoms. The fraction of sp³-hybridized carbons (Fsp3) is 0.917. The molecule has 4 heteroatoms. The van der Waals surface area contributed by atoms with Gasteiger partial charge in [-0.25, -0.2) is 0 Å². The summed E-state index contributed by atoms with van der Waals surface area (Å²) in [4.78, 5) is 14.0. The molecule has 2 rings (SSSR count). The fourth-order valence-electron chi connectivity index (χ4n) is 2.85. The summed E-state index contributed by atoms with van der Waals surface area (Å²) in [6.07, 6.45) is 6.34. The van der Waals surface area contributed by atoms with Crippen molar-refractivity contribution >= 4 is 5.91 Å². The van der Waals surface area contributed by atoms with E-state index in [9.17, 15) is 4.79 Å². The standard InChI is InChI=1S/C12H23N3O/c13-10-5-3-9(4-6-10)11(14)12(16)15-7-1-2-8-15/h9-11H,1-8,13-14H2/t9?,10?,11-/m0/s1. The summed E-state index contributed by atoms with van der Waals surface area (Å²) in [5.41, 5.74) is 11.9. The number of hydrogen-bond acceptors (Lipinski definition) is 3. The average Bonchev–Trinajstić information content (AvgIpc) is 2.81. The van der Waals surface area contributed by atoms with Crippen LogP contribution in [-0.2, 0) is 4.79 Å². The van der Waals surface area contributed by atoms with Gasteiger partial charge in [-0.3, -0.25) is 4.79 Å². The van der Waals surface area contributed by atoms with E-state index in [0.29, 0.717) is 12.0 Å². The lowest BCUT2D eigenvalue weighted by Gasteiger charge is -2.31. The van der Waals surface area contributed by atoms with Gasteiger partial charge in [0.2, 0.25) is 5.91 Å². The third-order valence-electron chi connectivity index (χ3n) is 4.03. The highest BCUT2D eigenvalue weighted by Gasteiger charge is 2.31. The maximum Gasteiger partial charge on any atom is 0.239 e. The van der Waals surface area contributed by atoms with Gasteiger partial charge in [0.15, 0.2) is 0 Å². The third-order valence-corrected chi connectivity index (χ3v) is 4.03. The Morgan fingerprint density at radius 2 is 1.69 bits per heavy atom. The number of nitrogens with zero attached hydrogens (tertiary/aromatic N) is 1. The Morgan fingerprint density at radius 3 is 2.25 bits per heavy atom. The van der Waals surface area contributed by atoms with Gasteiger partial charge in [0.25, 0.3) is 0 Å². The van der Waals surface area contributed by atoms with Crippen molar-refractivity contribution < 1.29 is 4.79 Å². The van der Waals surface area contributed by atoms with Crippen LogP contribution in [0.2, 0.25) is 0 Å². The average molecular weight is 225 g/mol. The van der Waals surface area contributed by atoms with Crippen LogP contribution in [0.4, 0.5) is 0 Å². The molecule has 1 heterocycles. The lowest BCUT2D eigenvalue weighted by atomic mass is 9.81. The first-order valence-corrected chi connectivity index (χ1v) is 6.48. The predicted octanol–water partition coefficient (Wildman–Crippen LogP) is 0.454. The van der Waals surface area contributed by atoms with Crippen LogP contribution < -0.4 is 11.5 Å². The third kappa shape index (κ3) is 2.55. The van der Waals surface area contributed by atoms with Gasteiger partial charge >= 0.3 is 0 Å². The van der Waals surface area contributed by atoms with E-state index in [1.54, 1.807) is 0 Å². The Balaban J connectivity index is 1.86. The van der Waals surface area contributed by atoms with Gasteiger partial charge in [-0.2, -0.15) is 0 Å². The molecule has 0 spiro atoms. The van der Waals surface area contributed by atoms with E-state index in [2.05, 4.69) is 0 Å². The van der Waals surface area contributed by atoms with Crippen molar-refractivity contribution in [3.8, 4) is 0 Å². The van der Waals surface area contributed by atoms with Crippen LogP contribution in [0.15, 0.2) is 0 Å². The molecule has 0 aromatic carbocycles. The zero-order valence-corrected chi connectivity index (χ0v) is 9.90. The maximum atomic E-state index is 12.1. The molecule has 1 aliphatic heterocycles. The van der Waals surface area contributed by atoms with Crippen molar-refractivity contribution in [1.82, 2.24) is 4.90 Å². The molecular weight excluding hydrogens is 202 g/mol. The first kappa shape index (κ1) is 11.9. The summed E-state index contributed by atoms with van der Waals surface area (Å²) >= 11 is 0. The van der Waals surface area contributed by atoms with E-state index in [-0.39, 0.29) is 11.9 Å². The zero-order valence-electron chi connectivity index (χ0n) is 9.90. The first-order valence-electron chi connectivity index (χ1n) is 6.48. The first-order chi connectivity index (χ1) is 7.68. The lowest BCUT2D eigenvalue weighted by Crippen LogP contribution is -2.48. The minimum absolute atomic E-state index is 0.165. The minimum Gasteiger partial charge on any atom is -0.341 e. The van der Waals surface area contributed by atoms with Crippen LogP contribution in [0, 0.1) is 5.92 Å². The molecule has 0 radical (unpaired) electrons. The van der Waals surface area contributed by atoms with E-state index in [0.717, 1.165) is 51.6 Å².